The topological polar surface area (TPSA) is 99.3 Å². The summed E-state index contributed by atoms with van der Waals surface area (Å²) in [6.45, 7) is 1.19. The third-order valence-corrected chi connectivity index (χ3v) is 5.45. The number of piperazine rings is 1. The number of hydrogen-bond acceptors (Lipinski definition) is 5. The fraction of sp³-hybridized carbons (Fsp3) is 0.308. The molecule has 0 aliphatic carbocycles. The van der Waals surface area contributed by atoms with Crippen molar-refractivity contribution in [3.05, 3.63) is 42.2 Å². The summed E-state index contributed by atoms with van der Waals surface area (Å²) >= 11 is 0. The monoisotopic (exact) mass is 321 g/mol. The molecule has 1 amide bonds. The van der Waals surface area contributed by atoms with Crippen molar-refractivity contribution in [3.63, 3.8) is 0 Å². The van der Waals surface area contributed by atoms with E-state index in [0.29, 0.717) is 13.1 Å². The lowest BCUT2D eigenvalue weighted by Crippen LogP contribution is -2.50. The Kier molecular flexibility index (Phi) is 3.90. The van der Waals surface area contributed by atoms with Crippen LogP contribution in [0, 0.1) is 0 Å². The lowest BCUT2D eigenvalue weighted by Gasteiger charge is -2.33. The highest BCUT2D eigenvalue weighted by atomic mass is 32.2. The zero-order valence-corrected chi connectivity index (χ0v) is 12.5. The summed E-state index contributed by atoms with van der Waals surface area (Å²) in [6.07, 6.45) is 1.36. The third-order valence-electron chi connectivity index (χ3n) is 3.54. The lowest BCUT2D eigenvalue weighted by molar-refractivity contribution is 0.0692. The summed E-state index contributed by atoms with van der Waals surface area (Å²) in [4.78, 5) is 14.0. The lowest BCUT2D eigenvalue weighted by atomic mass is 10.3. The highest BCUT2D eigenvalue weighted by Crippen LogP contribution is 2.17. The highest BCUT2D eigenvalue weighted by Gasteiger charge is 2.30. The maximum Gasteiger partial charge on any atom is 0.276 e. The van der Waals surface area contributed by atoms with Crippen molar-refractivity contribution >= 4 is 15.9 Å². The SMILES string of the molecule is O=C(c1cn[nH]n1)N1CCN(S(=O)(=O)c2ccccc2)CC1. The van der Waals surface area contributed by atoms with Gasteiger partial charge in [0.25, 0.3) is 5.91 Å². The molecule has 1 aromatic carbocycles. The van der Waals surface area contributed by atoms with Crippen molar-refractivity contribution < 1.29 is 13.2 Å². The summed E-state index contributed by atoms with van der Waals surface area (Å²) < 4.78 is 26.4. The summed E-state index contributed by atoms with van der Waals surface area (Å²) in [6, 6.07) is 8.30. The van der Waals surface area contributed by atoms with Gasteiger partial charge in [-0.05, 0) is 12.1 Å². The molecule has 1 N–H and O–H groups in total. The summed E-state index contributed by atoms with van der Waals surface area (Å²) in [5.74, 6) is -0.245. The van der Waals surface area contributed by atoms with E-state index in [0.717, 1.165) is 0 Å². The van der Waals surface area contributed by atoms with Crippen LogP contribution in [0.3, 0.4) is 0 Å². The van der Waals surface area contributed by atoms with Crippen LogP contribution in [0.5, 0.6) is 0 Å². The normalized spacial score (nSPS) is 16.6. The molecule has 0 radical (unpaired) electrons. The Labute approximate surface area is 127 Å². The summed E-state index contributed by atoms with van der Waals surface area (Å²) in [5, 5.41) is 9.74. The molecule has 0 spiro atoms. The van der Waals surface area contributed by atoms with E-state index in [-0.39, 0.29) is 29.6 Å². The number of carbonyl (C=O) groups excluding carboxylic acids is 1. The van der Waals surface area contributed by atoms with Gasteiger partial charge < -0.3 is 4.90 Å². The second-order valence-corrected chi connectivity index (χ2v) is 6.80. The van der Waals surface area contributed by atoms with E-state index in [9.17, 15) is 13.2 Å². The van der Waals surface area contributed by atoms with E-state index in [2.05, 4.69) is 15.4 Å². The van der Waals surface area contributed by atoms with Gasteiger partial charge in [0.15, 0.2) is 5.69 Å². The number of benzene rings is 1. The first-order valence-corrected chi connectivity index (χ1v) is 8.23. The Morgan fingerprint density at radius 3 is 2.36 bits per heavy atom. The zero-order chi connectivity index (χ0) is 15.6. The van der Waals surface area contributed by atoms with Crippen LogP contribution < -0.4 is 0 Å². The number of aromatic amines is 1. The predicted molar refractivity (Wildman–Crippen MR) is 77.5 cm³/mol. The molecular formula is C13H15N5O3S. The second kappa shape index (κ2) is 5.85. The zero-order valence-electron chi connectivity index (χ0n) is 11.7. The maximum absolute atomic E-state index is 12.5. The quantitative estimate of drug-likeness (QED) is 0.854. The Hall–Kier alpha value is -2.26. The minimum absolute atomic E-state index is 0.236. The Morgan fingerprint density at radius 1 is 1.09 bits per heavy atom. The van der Waals surface area contributed by atoms with Crippen molar-refractivity contribution in [1.82, 2.24) is 24.6 Å². The van der Waals surface area contributed by atoms with Gasteiger partial charge in [-0.15, -0.1) is 0 Å². The number of H-pyrrole nitrogens is 1. The van der Waals surface area contributed by atoms with Gasteiger partial charge in [0, 0.05) is 26.2 Å². The molecule has 2 heterocycles. The number of nitrogens with one attached hydrogen (secondary N) is 1. The van der Waals surface area contributed by atoms with Crippen molar-refractivity contribution in [2.45, 2.75) is 4.90 Å². The van der Waals surface area contributed by atoms with Crippen molar-refractivity contribution in [2.24, 2.45) is 0 Å². The second-order valence-electron chi connectivity index (χ2n) is 4.86. The van der Waals surface area contributed by atoms with Crippen LogP contribution in [0.15, 0.2) is 41.4 Å². The highest BCUT2D eigenvalue weighted by molar-refractivity contribution is 7.89. The van der Waals surface area contributed by atoms with Crippen molar-refractivity contribution in [1.29, 1.82) is 0 Å². The van der Waals surface area contributed by atoms with Gasteiger partial charge in [0.1, 0.15) is 0 Å². The Bertz CT molecular complexity index is 737. The Morgan fingerprint density at radius 2 is 1.77 bits per heavy atom. The number of aromatic nitrogens is 3. The minimum atomic E-state index is -3.50. The van der Waals surface area contributed by atoms with Crippen molar-refractivity contribution in [3.8, 4) is 0 Å². The van der Waals surface area contributed by atoms with Crippen LogP contribution in [0.4, 0.5) is 0 Å². The molecule has 116 valence electrons. The first-order chi connectivity index (χ1) is 10.6. The molecule has 22 heavy (non-hydrogen) atoms. The number of hydrogen-bond donors (Lipinski definition) is 1. The molecule has 1 saturated heterocycles. The number of nitrogens with zero attached hydrogens (tertiary/aromatic N) is 4. The minimum Gasteiger partial charge on any atom is -0.335 e. The van der Waals surface area contributed by atoms with E-state index >= 15 is 0 Å². The smallest absolute Gasteiger partial charge is 0.276 e. The fourth-order valence-corrected chi connectivity index (χ4v) is 3.78. The first kappa shape index (κ1) is 14.7. The molecule has 0 saturated carbocycles. The molecule has 0 atom stereocenters. The fourth-order valence-electron chi connectivity index (χ4n) is 2.34. The number of carbonyl (C=O) groups is 1. The molecule has 1 aromatic heterocycles. The molecule has 1 aliphatic heterocycles. The van der Waals surface area contributed by atoms with Crippen LogP contribution in [-0.2, 0) is 10.0 Å². The molecule has 2 aromatic rings. The van der Waals surface area contributed by atoms with Gasteiger partial charge in [-0.3, -0.25) is 4.79 Å². The average molecular weight is 321 g/mol. The van der Waals surface area contributed by atoms with Gasteiger partial charge in [-0.25, -0.2) is 8.42 Å². The largest absolute Gasteiger partial charge is 0.335 e. The molecule has 8 nitrogen and oxygen atoms in total. The van der Waals surface area contributed by atoms with Gasteiger partial charge >= 0.3 is 0 Å². The number of rotatable bonds is 3. The van der Waals surface area contributed by atoms with Gasteiger partial charge in [0.2, 0.25) is 10.0 Å². The summed E-state index contributed by atoms with van der Waals surface area (Å²) in [7, 11) is -3.50. The van der Waals surface area contributed by atoms with Crippen LogP contribution in [-0.4, -0.2) is 65.1 Å². The van der Waals surface area contributed by atoms with Crippen molar-refractivity contribution in [2.75, 3.05) is 26.2 Å². The Balaban J connectivity index is 1.68. The van der Waals surface area contributed by atoms with Gasteiger partial charge in [0.05, 0.1) is 11.1 Å². The molecule has 3 rings (SSSR count). The molecule has 9 heteroatoms. The predicted octanol–water partition coefficient (Wildman–Crippen LogP) is -0.0486. The molecule has 1 fully saturated rings. The van der Waals surface area contributed by atoms with Gasteiger partial charge in [-0.1, -0.05) is 18.2 Å². The third kappa shape index (κ3) is 2.72. The van der Waals surface area contributed by atoms with E-state index in [1.165, 1.54) is 10.5 Å². The average Bonchev–Trinajstić information content (AvgIpc) is 3.09. The molecule has 1 aliphatic rings. The summed E-state index contributed by atoms with van der Waals surface area (Å²) in [5.41, 5.74) is 0.236. The van der Waals surface area contributed by atoms with Crippen LogP contribution in [0.1, 0.15) is 10.5 Å². The first-order valence-electron chi connectivity index (χ1n) is 6.79. The van der Waals surface area contributed by atoms with E-state index in [1.807, 2.05) is 0 Å². The number of sulfonamides is 1. The van der Waals surface area contributed by atoms with E-state index in [4.69, 9.17) is 0 Å². The maximum atomic E-state index is 12.5. The number of amides is 1. The van der Waals surface area contributed by atoms with Crippen LogP contribution in [0.25, 0.3) is 0 Å². The van der Waals surface area contributed by atoms with E-state index in [1.54, 1.807) is 35.2 Å². The van der Waals surface area contributed by atoms with Crippen LogP contribution in [0.2, 0.25) is 0 Å². The van der Waals surface area contributed by atoms with E-state index < -0.39 is 10.0 Å². The standard InChI is InChI=1S/C13H15N5O3S/c19-13(12-10-14-16-15-12)17-6-8-18(9-7-17)22(20,21)11-4-2-1-3-5-11/h1-5,10H,6-9H2,(H,14,15,16). The molecular weight excluding hydrogens is 306 g/mol. The molecule has 0 unspecified atom stereocenters. The van der Waals surface area contributed by atoms with Gasteiger partial charge in [-0.2, -0.15) is 19.7 Å². The molecule has 0 bridgehead atoms. The van der Waals surface area contributed by atoms with Crippen LogP contribution >= 0.6 is 0 Å².